The Morgan fingerprint density at radius 2 is 2.04 bits per heavy atom. The SMILES string of the molecule is CC1(C(=O)Nc2cc(Cl)ccc2F)Cc2ccccc2C(=O)O1. The molecule has 0 radical (unpaired) electrons. The van der Waals surface area contributed by atoms with Crippen LogP contribution in [0.5, 0.6) is 0 Å². The highest BCUT2D eigenvalue weighted by Gasteiger charge is 2.42. The van der Waals surface area contributed by atoms with Crippen LogP contribution in [0.1, 0.15) is 22.8 Å². The molecule has 0 fully saturated rings. The largest absolute Gasteiger partial charge is 0.445 e. The second-order valence-electron chi connectivity index (χ2n) is 5.53. The summed E-state index contributed by atoms with van der Waals surface area (Å²) in [5.41, 5.74) is -0.321. The Kier molecular flexibility index (Phi) is 3.82. The fourth-order valence-electron chi connectivity index (χ4n) is 2.51. The molecule has 4 nitrogen and oxygen atoms in total. The number of ether oxygens (including phenoxy) is 1. The molecule has 1 unspecified atom stereocenters. The van der Waals surface area contributed by atoms with E-state index in [2.05, 4.69) is 5.32 Å². The van der Waals surface area contributed by atoms with Crippen LogP contribution in [0, 0.1) is 5.82 Å². The summed E-state index contributed by atoms with van der Waals surface area (Å²) >= 11 is 5.81. The van der Waals surface area contributed by atoms with E-state index < -0.39 is 23.3 Å². The summed E-state index contributed by atoms with van der Waals surface area (Å²) in [6.07, 6.45) is 0.211. The molecule has 3 rings (SSSR count). The third kappa shape index (κ3) is 2.92. The van der Waals surface area contributed by atoms with E-state index in [1.165, 1.54) is 19.1 Å². The van der Waals surface area contributed by atoms with Gasteiger partial charge in [-0.2, -0.15) is 0 Å². The van der Waals surface area contributed by atoms with Crippen LogP contribution >= 0.6 is 11.6 Å². The van der Waals surface area contributed by atoms with E-state index in [0.717, 1.165) is 6.07 Å². The predicted octanol–water partition coefficient (Wildman–Crippen LogP) is 3.59. The summed E-state index contributed by atoms with van der Waals surface area (Å²) in [6.45, 7) is 1.50. The Labute approximate surface area is 137 Å². The van der Waals surface area contributed by atoms with Crippen molar-refractivity contribution in [1.82, 2.24) is 0 Å². The van der Waals surface area contributed by atoms with E-state index in [0.29, 0.717) is 11.1 Å². The minimum Gasteiger partial charge on any atom is -0.445 e. The smallest absolute Gasteiger partial charge is 0.339 e. The molecule has 2 aromatic carbocycles. The first kappa shape index (κ1) is 15.5. The van der Waals surface area contributed by atoms with Crippen LogP contribution in [0.15, 0.2) is 42.5 Å². The van der Waals surface area contributed by atoms with E-state index in [1.54, 1.807) is 24.3 Å². The molecule has 6 heteroatoms. The zero-order valence-corrected chi connectivity index (χ0v) is 13.0. The van der Waals surface area contributed by atoms with Crippen molar-refractivity contribution in [3.8, 4) is 0 Å². The molecule has 1 aliphatic rings. The highest BCUT2D eigenvalue weighted by atomic mass is 35.5. The first-order valence-electron chi connectivity index (χ1n) is 6.97. The Morgan fingerprint density at radius 1 is 1.30 bits per heavy atom. The zero-order valence-electron chi connectivity index (χ0n) is 12.2. The molecule has 1 atom stereocenters. The number of halogens is 2. The Bertz CT molecular complexity index is 808. The molecule has 118 valence electrons. The lowest BCUT2D eigenvalue weighted by molar-refractivity contribution is -0.134. The number of esters is 1. The lowest BCUT2D eigenvalue weighted by atomic mass is 9.89. The normalized spacial score (nSPS) is 19.7. The fourth-order valence-corrected chi connectivity index (χ4v) is 2.68. The third-order valence-electron chi connectivity index (χ3n) is 3.74. The maximum atomic E-state index is 13.8. The number of amides is 1. The van der Waals surface area contributed by atoms with Crippen LogP contribution < -0.4 is 5.32 Å². The number of carbonyl (C=O) groups is 2. The van der Waals surface area contributed by atoms with Gasteiger partial charge in [-0.15, -0.1) is 0 Å². The summed E-state index contributed by atoms with van der Waals surface area (Å²) in [4.78, 5) is 24.6. The van der Waals surface area contributed by atoms with Gasteiger partial charge in [0.25, 0.3) is 5.91 Å². The number of hydrogen-bond donors (Lipinski definition) is 1. The molecule has 1 aliphatic heterocycles. The van der Waals surface area contributed by atoms with Gasteiger partial charge in [0, 0.05) is 11.4 Å². The lowest BCUT2D eigenvalue weighted by Gasteiger charge is -2.33. The van der Waals surface area contributed by atoms with Crippen molar-refractivity contribution in [1.29, 1.82) is 0 Å². The van der Waals surface area contributed by atoms with E-state index >= 15 is 0 Å². The van der Waals surface area contributed by atoms with Gasteiger partial charge in [-0.3, -0.25) is 4.79 Å². The van der Waals surface area contributed by atoms with E-state index in [-0.39, 0.29) is 17.1 Å². The molecule has 1 N–H and O–H groups in total. The van der Waals surface area contributed by atoms with Crippen molar-refractivity contribution in [2.75, 3.05) is 5.32 Å². The minimum atomic E-state index is -1.42. The predicted molar refractivity (Wildman–Crippen MR) is 84.0 cm³/mol. The van der Waals surface area contributed by atoms with Crippen LogP contribution in [0.2, 0.25) is 5.02 Å². The van der Waals surface area contributed by atoms with Crippen molar-refractivity contribution in [2.24, 2.45) is 0 Å². The first-order valence-corrected chi connectivity index (χ1v) is 7.34. The highest BCUT2D eigenvalue weighted by molar-refractivity contribution is 6.30. The number of cyclic esters (lactones) is 1. The number of fused-ring (bicyclic) bond motifs is 1. The Balaban J connectivity index is 1.88. The molecule has 1 heterocycles. The van der Waals surface area contributed by atoms with Crippen molar-refractivity contribution in [3.63, 3.8) is 0 Å². The van der Waals surface area contributed by atoms with Gasteiger partial charge in [-0.1, -0.05) is 29.8 Å². The second kappa shape index (κ2) is 5.66. The van der Waals surface area contributed by atoms with Crippen molar-refractivity contribution in [2.45, 2.75) is 18.9 Å². The van der Waals surface area contributed by atoms with Crippen LogP contribution in [0.25, 0.3) is 0 Å². The molecule has 0 aliphatic carbocycles. The maximum Gasteiger partial charge on any atom is 0.339 e. The summed E-state index contributed by atoms with van der Waals surface area (Å²) in [6, 6.07) is 10.8. The third-order valence-corrected chi connectivity index (χ3v) is 3.98. The van der Waals surface area contributed by atoms with Crippen molar-refractivity contribution < 1.29 is 18.7 Å². The van der Waals surface area contributed by atoms with E-state index in [9.17, 15) is 14.0 Å². The maximum absolute atomic E-state index is 13.8. The molecule has 0 spiro atoms. The zero-order chi connectivity index (χ0) is 16.6. The van der Waals surface area contributed by atoms with Crippen molar-refractivity contribution in [3.05, 3.63) is 64.4 Å². The number of anilines is 1. The van der Waals surface area contributed by atoms with E-state index in [4.69, 9.17) is 16.3 Å². The van der Waals surface area contributed by atoms with Gasteiger partial charge in [-0.05, 0) is 36.8 Å². The Hall–Kier alpha value is -2.40. The van der Waals surface area contributed by atoms with Gasteiger partial charge < -0.3 is 10.1 Å². The number of hydrogen-bond acceptors (Lipinski definition) is 3. The van der Waals surface area contributed by atoms with Crippen LogP contribution in [-0.4, -0.2) is 17.5 Å². The van der Waals surface area contributed by atoms with Gasteiger partial charge in [0.2, 0.25) is 0 Å². The molecule has 1 amide bonds. The average molecular weight is 334 g/mol. The fraction of sp³-hybridized carbons (Fsp3) is 0.176. The molecular formula is C17H13ClFNO3. The second-order valence-corrected chi connectivity index (χ2v) is 5.97. The molecular weight excluding hydrogens is 321 g/mol. The number of benzene rings is 2. The van der Waals surface area contributed by atoms with Crippen LogP contribution in [0.4, 0.5) is 10.1 Å². The molecule has 23 heavy (non-hydrogen) atoms. The quantitative estimate of drug-likeness (QED) is 0.854. The van der Waals surface area contributed by atoms with E-state index in [1.807, 2.05) is 0 Å². The average Bonchev–Trinajstić information content (AvgIpc) is 2.51. The minimum absolute atomic E-state index is 0.0568. The summed E-state index contributed by atoms with van der Waals surface area (Å²) in [5.74, 6) is -1.80. The van der Waals surface area contributed by atoms with Gasteiger partial charge >= 0.3 is 5.97 Å². The molecule has 0 saturated heterocycles. The molecule has 2 aromatic rings. The van der Waals surface area contributed by atoms with Gasteiger partial charge in [0.15, 0.2) is 5.60 Å². The molecule has 0 aromatic heterocycles. The van der Waals surface area contributed by atoms with Crippen LogP contribution in [0.3, 0.4) is 0 Å². The summed E-state index contributed by atoms with van der Waals surface area (Å²) < 4.78 is 19.1. The Morgan fingerprint density at radius 3 is 2.83 bits per heavy atom. The topological polar surface area (TPSA) is 55.4 Å². The number of rotatable bonds is 2. The van der Waals surface area contributed by atoms with Gasteiger partial charge in [0.05, 0.1) is 11.3 Å². The molecule has 0 bridgehead atoms. The highest BCUT2D eigenvalue weighted by Crippen LogP contribution is 2.30. The summed E-state index contributed by atoms with van der Waals surface area (Å²) in [7, 11) is 0. The number of carbonyl (C=O) groups excluding carboxylic acids is 2. The lowest BCUT2D eigenvalue weighted by Crippen LogP contribution is -2.49. The van der Waals surface area contributed by atoms with Gasteiger partial charge in [0.1, 0.15) is 5.82 Å². The summed E-state index contributed by atoms with van der Waals surface area (Å²) in [5, 5.41) is 2.73. The van der Waals surface area contributed by atoms with Gasteiger partial charge in [-0.25, -0.2) is 9.18 Å². The standard InChI is InChI=1S/C17H13ClFNO3/c1-17(9-10-4-2-3-5-12(10)15(21)23-17)16(22)20-14-8-11(18)6-7-13(14)19/h2-8H,9H2,1H3,(H,20,22). The van der Waals surface area contributed by atoms with Crippen molar-refractivity contribution >= 4 is 29.2 Å². The number of nitrogens with one attached hydrogen (secondary N) is 1. The molecule has 0 saturated carbocycles. The van der Waals surface area contributed by atoms with Crippen LogP contribution in [-0.2, 0) is 16.0 Å². The first-order chi connectivity index (χ1) is 10.9. The monoisotopic (exact) mass is 333 g/mol.